The van der Waals surface area contributed by atoms with E-state index in [9.17, 15) is 4.79 Å². The third kappa shape index (κ3) is 3.62. The van der Waals surface area contributed by atoms with E-state index in [4.69, 9.17) is 4.74 Å². The summed E-state index contributed by atoms with van der Waals surface area (Å²) in [6.07, 6.45) is 5.43. The van der Waals surface area contributed by atoms with Crippen LogP contribution >= 0.6 is 22.7 Å². The van der Waals surface area contributed by atoms with Crippen molar-refractivity contribution in [3.8, 4) is 0 Å². The van der Waals surface area contributed by atoms with Crippen molar-refractivity contribution in [3.05, 3.63) is 45.4 Å². The highest BCUT2D eigenvalue weighted by Gasteiger charge is 2.25. The first-order valence-corrected chi connectivity index (χ1v) is 9.93. The minimum Gasteiger partial charge on any atom is -0.379 e. The van der Waals surface area contributed by atoms with Gasteiger partial charge < -0.3 is 10.1 Å². The number of fused-ring (bicyclic) bond motifs is 1. The van der Waals surface area contributed by atoms with Crippen LogP contribution in [0.2, 0.25) is 0 Å². The Balaban J connectivity index is 1.47. The second-order valence-corrected chi connectivity index (χ2v) is 8.36. The van der Waals surface area contributed by atoms with Crippen molar-refractivity contribution in [1.82, 2.24) is 19.6 Å². The van der Waals surface area contributed by atoms with Crippen molar-refractivity contribution in [1.29, 1.82) is 0 Å². The van der Waals surface area contributed by atoms with Crippen LogP contribution in [-0.4, -0.2) is 53.0 Å². The minimum atomic E-state index is -0.0398. The maximum absolute atomic E-state index is 12.6. The van der Waals surface area contributed by atoms with E-state index in [0.717, 1.165) is 31.3 Å². The van der Waals surface area contributed by atoms with Crippen LogP contribution < -0.4 is 5.32 Å². The molecule has 3 aromatic heterocycles. The monoisotopic (exact) mass is 376 g/mol. The lowest BCUT2D eigenvalue weighted by molar-refractivity contribution is 0.0169. The molecule has 1 aliphatic rings. The van der Waals surface area contributed by atoms with Gasteiger partial charge in [0.05, 0.1) is 19.3 Å². The quantitative estimate of drug-likeness (QED) is 0.744. The van der Waals surface area contributed by atoms with Gasteiger partial charge in [0.2, 0.25) is 0 Å². The number of morpholine rings is 1. The van der Waals surface area contributed by atoms with Gasteiger partial charge >= 0.3 is 0 Å². The van der Waals surface area contributed by atoms with Gasteiger partial charge in [-0.15, -0.1) is 11.3 Å². The van der Waals surface area contributed by atoms with Crippen LogP contribution in [-0.2, 0) is 4.74 Å². The molecule has 25 heavy (non-hydrogen) atoms. The molecule has 132 valence electrons. The Morgan fingerprint density at radius 3 is 2.92 bits per heavy atom. The predicted molar refractivity (Wildman–Crippen MR) is 99.6 cm³/mol. The van der Waals surface area contributed by atoms with Crippen molar-refractivity contribution >= 4 is 33.5 Å². The minimum absolute atomic E-state index is 0.0398. The lowest BCUT2D eigenvalue weighted by Crippen LogP contribution is -2.43. The molecule has 1 amide bonds. The third-order valence-corrected chi connectivity index (χ3v) is 6.46. The number of aryl methyl sites for hydroxylation is 1. The van der Waals surface area contributed by atoms with Crippen LogP contribution in [0.5, 0.6) is 0 Å². The molecule has 0 bridgehead atoms. The molecule has 1 atom stereocenters. The number of ether oxygens (including phenoxy) is 1. The fraction of sp³-hybridized carbons (Fsp3) is 0.412. The SMILES string of the molecule is Cc1ccc(C(CNC(=O)c2cn3ccnc3s2)N2CCOCC2)s1. The number of nitrogens with zero attached hydrogens (tertiary/aromatic N) is 3. The molecule has 0 saturated carbocycles. The molecule has 4 rings (SSSR count). The molecule has 8 heteroatoms. The summed E-state index contributed by atoms with van der Waals surface area (Å²) in [5.74, 6) is -0.0398. The average Bonchev–Trinajstić information content (AvgIpc) is 3.32. The molecule has 1 fully saturated rings. The molecule has 1 unspecified atom stereocenters. The van der Waals surface area contributed by atoms with E-state index in [0.29, 0.717) is 11.4 Å². The summed E-state index contributed by atoms with van der Waals surface area (Å²) in [5, 5.41) is 3.11. The fourth-order valence-corrected chi connectivity index (χ4v) is 4.91. The maximum Gasteiger partial charge on any atom is 0.263 e. The first-order chi connectivity index (χ1) is 12.2. The Morgan fingerprint density at radius 1 is 1.36 bits per heavy atom. The summed E-state index contributed by atoms with van der Waals surface area (Å²) >= 11 is 3.20. The first-order valence-electron chi connectivity index (χ1n) is 8.29. The van der Waals surface area contributed by atoms with Gasteiger partial charge in [0.25, 0.3) is 5.91 Å². The van der Waals surface area contributed by atoms with Gasteiger partial charge in [0.15, 0.2) is 4.96 Å². The highest BCUT2D eigenvalue weighted by Crippen LogP contribution is 2.28. The molecule has 1 saturated heterocycles. The molecule has 3 aromatic rings. The molecular formula is C17H20N4O2S2. The Kier molecular flexibility index (Phi) is 4.85. The summed E-state index contributed by atoms with van der Waals surface area (Å²) in [5.41, 5.74) is 0. The van der Waals surface area contributed by atoms with Gasteiger partial charge in [0, 0.05) is 48.0 Å². The number of nitrogens with one attached hydrogen (secondary N) is 1. The van der Waals surface area contributed by atoms with Crippen LogP contribution in [0.4, 0.5) is 0 Å². The lowest BCUT2D eigenvalue weighted by atomic mass is 10.2. The van der Waals surface area contributed by atoms with Crippen LogP contribution in [0.3, 0.4) is 0 Å². The van der Waals surface area contributed by atoms with Crippen molar-refractivity contribution in [2.24, 2.45) is 0 Å². The zero-order valence-electron chi connectivity index (χ0n) is 14.0. The molecule has 0 aliphatic carbocycles. The smallest absolute Gasteiger partial charge is 0.263 e. The van der Waals surface area contributed by atoms with Crippen molar-refractivity contribution < 1.29 is 9.53 Å². The molecule has 4 heterocycles. The summed E-state index contributed by atoms with van der Waals surface area (Å²) in [7, 11) is 0. The standard InChI is InChI=1S/C17H20N4O2S2/c1-12-2-3-14(24-12)13(20-6-8-23-9-7-20)10-19-16(22)15-11-21-5-4-18-17(21)25-15/h2-5,11,13H,6-10H2,1H3,(H,19,22). The fourth-order valence-electron chi connectivity index (χ4n) is 3.04. The van der Waals surface area contributed by atoms with Crippen molar-refractivity contribution in [2.75, 3.05) is 32.8 Å². The van der Waals surface area contributed by atoms with Gasteiger partial charge in [-0.1, -0.05) is 11.3 Å². The number of hydrogen-bond donors (Lipinski definition) is 1. The first kappa shape index (κ1) is 16.7. The van der Waals surface area contributed by atoms with Crippen molar-refractivity contribution in [2.45, 2.75) is 13.0 Å². The van der Waals surface area contributed by atoms with Crippen LogP contribution in [0.15, 0.2) is 30.7 Å². The van der Waals surface area contributed by atoms with E-state index in [1.54, 1.807) is 17.5 Å². The molecule has 0 radical (unpaired) electrons. The van der Waals surface area contributed by atoms with E-state index >= 15 is 0 Å². The highest BCUT2D eigenvalue weighted by molar-refractivity contribution is 7.18. The van der Waals surface area contributed by atoms with Gasteiger partial charge in [0.1, 0.15) is 4.88 Å². The maximum atomic E-state index is 12.6. The van der Waals surface area contributed by atoms with Crippen LogP contribution in [0.25, 0.3) is 4.96 Å². The molecule has 0 spiro atoms. The second kappa shape index (κ2) is 7.25. The topological polar surface area (TPSA) is 58.9 Å². The van der Waals surface area contributed by atoms with Gasteiger partial charge in [-0.05, 0) is 19.1 Å². The predicted octanol–water partition coefficient (Wildman–Crippen LogP) is 2.57. The molecule has 0 aromatic carbocycles. The number of rotatable bonds is 5. The number of imidazole rings is 1. The number of amides is 1. The normalized spacial score (nSPS) is 17.0. The largest absolute Gasteiger partial charge is 0.379 e. The zero-order chi connectivity index (χ0) is 17.2. The number of carbonyl (C=O) groups excluding carboxylic acids is 1. The van der Waals surface area contributed by atoms with E-state index in [1.807, 2.05) is 16.8 Å². The summed E-state index contributed by atoms with van der Waals surface area (Å²) in [6, 6.07) is 4.50. The lowest BCUT2D eigenvalue weighted by Gasteiger charge is -2.34. The summed E-state index contributed by atoms with van der Waals surface area (Å²) in [6.45, 7) is 5.99. The molecule has 6 nitrogen and oxygen atoms in total. The van der Waals surface area contributed by atoms with Gasteiger partial charge in [-0.2, -0.15) is 0 Å². The van der Waals surface area contributed by atoms with E-state index < -0.39 is 0 Å². The number of aromatic nitrogens is 2. The second-order valence-electron chi connectivity index (χ2n) is 6.04. The Morgan fingerprint density at radius 2 is 2.20 bits per heavy atom. The Labute approximate surface area is 154 Å². The Bertz CT molecular complexity index is 834. The number of hydrogen-bond acceptors (Lipinski definition) is 6. The molecule has 1 aliphatic heterocycles. The Hall–Kier alpha value is -1.74. The number of thiazole rings is 1. The highest BCUT2D eigenvalue weighted by atomic mass is 32.1. The molecular weight excluding hydrogens is 356 g/mol. The van der Waals surface area contributed by atoms with E-state index in [-0.39, 0.29) is 11.9 Å². The van der Waals surface area contributed by atoms with Crippen molar-refractivity contribution in [3.63, 3.8) is 0 Å². The summed E-state index contributed by atoms with van der Waals surface area (Å²) < 4.78 is 7.35. The van der Waals surface area contributed by atoms with E-state index in [1.165, 1.54) is 21.1 Å². The van der Waals surface area contributed by atoms with Gasteiger partial charge in [-0.3, -0.25) is 14.1 Å². The van der Waals surface area contributed by atoms with Gasteiger partial charge in [-0.25, -0.2) is 4.98 Å². The average molecular weight is 377 g/mol. The third-order valence-electron chi connectivity index (χ3n) is 4.35. The summed E-state index contributed by atoms with van der Waals surface area (Å²) in [4.78, 5) is 23.3. The molecule has 1 N–H and O–H groups in total. The van der Waals surface area contributed by atoms with Crippen LogP contribution in [0.1, 0.15) is 25.5 Å². The zero-order valence-corrected chi connectivity index (χ0v) is 15.6. The van der Waals surface area contributed by atoms with E-state index in [2.05, 4.69) is 34.3 Å². The number of carbonyl (C=O) groups is 1. The van der Waals surface area contributed by atoms with Crippen LogP contribution in [0, 0.1) is 6.92 Å². The number of thiophene rings is 1.